The number of aromatic nitrogens is 1. The van der Waals surface area contributed by atoms with Gasteiger partial charge in [-0.3, -0.25) is 0 Å². The predicted molar refractivity (Wildman–Crippen MR) is 71.3 cm³/mol. The fraction of sp³-hybridized carbons (Fsp3) is 0.750. The third-order valence-corrected chi connectivity index (χ3v) is 4.39. The van der Waals surface area contributed by atoms with Crippen LogP contribution in [0.4, 0.5) is 8.78 Å². The number of rotatable bonds is 7. The smallest absolute Gasteiger partial charge is 0.246 e. The van der Waals surface area contributed by atoms with Gasteiger partial charge in [0.15, 0.2) is 0 Å². The Morgan fingerprint density at radius 3 is 2.45 bits per heavy atom. The molecule has 1 rings (SSSR count). The topological polar surface area (TPSA) is 72.2 Å². The second-order valence-corrected chi connectivity index (χ2v) is 7.04. The maximum absolute atomic E-state index is 12.7. The van der Waals surface area contributed by atoms with Crippen molar-refractivity contribution in [2.24, 2.45) is 0 Å². The molecule has 0 saturated heterocycles. The van der Waals surface area contributed by atoms with Crippen molar-refractivity contribution in [3.63, 3.8) is 0 Å². The van der Waals surface area contributed by atoms with Gasteiger partial charge in [0.05, 0.1) is 11.4 Å². The summed E-state index contributed by atoms with van der Waals surface area (Å²) in [5.74, 6) is -2.95. The summed E-state index contributed by atoms with van der Waals surface area (Å²) < 4.78 is 56.2. The average molecular weight is 310 g/mol. The number of alkyl halides is 2. The quantitative estimate of drug-likeness (QED) is 0.838. The van der Waals surface area contributed by atoms with Gasteiger partial charge in [-0.25, -0.2) is 21.9 Å². The molecule has 1 aromatic rings. The van der Waals surface area contributed by atoms with Gasteiger partial charge in [-0.05, 0) is 34.1 Å². The molecule has 5 nitrogen and oxygen atoms in total. The Bertz CT molecular complexity index is 530. The van der Waals surface area contributed by atoms with Crippen LogP contribution in [0.1, 0.15) is 37.3 Å². The van der Waals surface area contributed by atoms with Crippen LogP contribution in [0.5, 0.6) is 0 Å². The highest BCUT2D eigenvalue weighted by Crippen LogP contribution is 2.18. The highest BCUT2D eigenvalue weighted by atomic mass is 32.2. The monoisotopic (exact) mass is 310 g/mol. The highest BCUT2D eigenvalue weighted by molar-refractivity contribution is 7.89. The maximum atomic E-state index is 12.7. The molecule has 0 saturated carbocycles. The predicted octanol–water partition coefficient (Wildman–Crippen LogP) is 2.19. The van der Waals surface area contributed by atoms with Crippen LogP contribution in [-0.2, 0) is 16.4 Å². The van der Waals surface area contributed by atoms with Crippen molar-refractivity contribution in [1.82, 2.24) is 9.88 Å². The third kappa shape index (κ3) is 5.54. The van der Waals surface area contributed by atoms with Gasteiger partial charge in [-0.1, -0.05) is 5.16 Å². The first-order valence-corrected chi connectivity index (χ1v) is 7.95. The van der Waals surface area contributed by atoms with Crippen molar-refractivity contribution in [3.8, 4) is 0 Å². The SMILES string of the molecule is Cc1noc(C)c1C[C@H](C)NS(=O)(=O)CCC(C)(F)F. The van der Waals surface area contributed by atoms with Gasteiger partial charge < -0.3 is 4.52 Å². The first-order valence-electron chi connectivity index (χ1n) is 6.30. The minimum Gasteiger partial charge on any atom is -0.361 e. The molecule has 0 amide bonds. The first-order chi connectivity index (χ1) is 9.00. The summed E-state index contributed by atoms with van der Waals surface area (Å²) in [6, 6.07) is -0.415. The molecule has 8 heteroatoms. The zero-order valence-corrected chi connectivity index (χ0v) is 12.9. The Hall–Kier alpha value is -1.02. The van der Waals surface area contributed by atoms with Crippen LogP contribution in [-0.4, -0.2) is 31.3 Å². The Labute approximate surface area is 117 Å². The lowest BCUT2D eigenvalue weighted by atomic mass is 10.1. The van der Waals surface area contributed by atoms with Crippen LogP contribution < -0.4 is 4.72 Å². The van der Waals surface area contributed by atoms with E-state index in [2.05, 4.69) is 9.88 Å². The summed E-state index contributed by atoms with van der Waals surface area (Å²) in [7, 11) is -3.72. The van der Waals surface area contributed by atoms with E-state index in [9.17, 15) is 17.2 Å². The summed E-state index contributed by atoms with van der Waals surface area (Å²) in [6.45, 7) is 5.89. The molecular weight excluding hydrogens is 290 g/mol. The molecule has 0 unspecified atom stereocenters. The zero-order chi connectivity index (χ0) is 15.6. The second-order valence-electron chi connectivity index (χ2n) is 5.16. The first kappa shape index (κ1) is 17.0. The van der Waals surface area contributed by atoms with Gasteiger partial charge in [-0.15, -0.1) is 0 Å². The van der Waals surface area contributed by atoms with E-state index in [1.165, 1.54) is 0 Å². The van der Waals surface area contributed by atoms with Crippen LogP contribution in [0.3, 0.4) is 0 Å². The van der Waals surface area contributed by atoms with Crippen molar-refractivity contribution in [2.75, 3.05) is 5.75 Å². The van der Waals surface area contributed by atoms with Crippen LogP contribution in [0.2, 0.25) is 0 Å². The molecule has 0 bridgehead atoms. The maximum Gasteiger partial charge on any atom is 0.246 e. The van der Waals surface area contributed by atoms with E-state index in [0.717, 1.165) is 5.56 Å². The highest BCUT2D eigenvalue weighted by Gasteiger charge is 2.26. The van der Waals surface area contributed by atoms with Crippen molar-refractivity contribution in [2.45, 2.75) is 52.5 Å². The molecule has 116 valence electrons. The van der Waals surface area contributed by atoms with Crippen LogP contribution in [0.25, 0.3) is 0 Å². The zero-order valence-electron chi connectivity index (χ0n) is 12.0. The summed E-state index contributed by atoms with van der Waals surface area (Å²) in [5.41, 5.74) is 1.54. The Balaban J connectivity index is 2.60. The van der Waals surface area contributed by atoms with Crippen molar-refractivity contribution < 1.29 is 21.7 Å². The number of aryl methyl sites for hydroxylation is 2. The summed E-state index contributed by atoms with van der Waals surface area (Å²) in [4.78, 5) is 0. The summed E-state index contributed by atoms with van der Waals surface area (Å²) in [6.07, 6.45) is -0.288. The number of nitrogens with one attached hydrogen (secondary N) is 1. The van der Waals surface area contributed by atoms with Crippen LogP contribution in [0, 0.1) is 13.8 Å². The molecule has 0 fully saturated rings. The number of nitrogens with zero attached hydrogens (tertiary/aromatic N) is 1. The summed E-state index contributed by atoms with van der Waals surface area (Å²) in [5, 5.41) is 3.78. The molecule has 1 aromatic heterocycles. The molecule has 20 heavy (non-hydrogen) atoms. The van der Waals surface area contributed by atoms with Crippen molar-refractivity contribution in [3.05, 3.63) is 17.0 Å². The minimum atomic E-state index is -3.72. The fourth-order valence-corrected chi connectivity index (χ4v) is 3.26. The van der Waals surface area contributed by atoms with E-state index in [-0.39, 0.29) is 0 Å². The molecule has 0 aliphatic carbocycles. The third-order valence-electron chi connectivity index (χ3n) is 2.88. The lowest BCUT2D eigenvalue weighted by Crippen LogP contribution is -2.37. The van der Waals surface area contributed by atoms with E-state index in [0.29, 0.717) is 24.8 Å². The van der Waals surface area contributed by atoms with Gasteiger partial charge in [0.2, 0.25) is 15.9 Å². The van der Waals surface area contributed by atoms with Crippen molar-refractivity contribution >= 4 is 10.0 Å². The lowest BCUT2D eigenvalue weighted by Gasteiger charge is -2.15. The second kappa shape index (κ2) is 6.17. The largest absolute Gasteiger partial charge is 0.361 e. The molecule has 1 N–H and O–H groups in total. The lowest BCUT2D eigenvalue weighted by molar-refractivity contribution is 0.0188. The molecule has 0 aliphatic rings. The number of halogens is 2. The van der Waals surface area contributed by atoms with Crippen molar-refractivity contribution in [1.29, 1.82) is 0 Å². The molecule has 0 aliphatic heterocycles. The van der Waals surface area contributed by atoms with E-state index >= 15 is 0 Å². The summed E-state index contributed by atoms with van der Waals surface area (Å²) >= 11 is 0. The van der Waals surface area contributed by atoms with E-state index in [1.54, 1.807) is 20.8 Å². The normalized spacial score (nSPS) is 14.5. The van der Waals surface area contributed by atoms with E-state index in [4.69, 9.17) is 4.52 Å². The average Bonchev–Trinajstić information content (AvgIpc) is 2.57. The van der Waals surface area contributed by atoms with Gasteiger partial charge in [0, 0.05) is 18.0 Å². The van der Waals surface area contributed by atoms with E-state index in [1.807, 2.05) is 0 Å². The molecule has 1 heterocycles. The van der Waals surface area contributed by atoms with Crippen LogP contribution in [0.15, 0.2) is 4.52 Å². The number of hydrogen-bond acceptors (Lipinski definition) is 4. The Morgan fingerprint density at radius 2 is 2.00 bits per heavy atom. The molecule has 0 aromatic carbocycles. The minimum absolute atomic E-state index is 0.406. The Morgan fingerprint density at radius 1 is 1.40 bits per heavy atom. The number of hydrogen-bond donors (Lipinski definition) is 1. The number of sulfonamides is 1. The molecule has 0 radical (unpaired) electrons. The van der Waals surface area contributed by atoms with Gasteiger partial charge in [0.1, 0.15) is 5.76 Å². The fourth-order valence-electron chi connectivity index (χ4n) is 1.82. The molecule has 0 spiro atoms. The molecular formula is C12H20F2N2O3S. The standard InChI is InChI=1S/C12H20F2N2O3S/c1-8(7-11-9(2)15-19-10(11)3)16-20(17,18)6-5-12(4,13)14/h8,16H,5-7H2,1-4H3/t8-/m0/s1. The van der Waals surface area contributed by atoms with Gasteiger partial charge >= 0.3 is 0 Å². The molecule has 1 atom stereocenters. The van der Waals surface area contributed by atoms with Gasteiger partial charge in [0.25, 0.3) is 0 Å². The van der Waals surface area contributed by atoms with E-state index < -0.39 is 34.2 Å². The Kier molecular flexibility index (Phi) is 5.26. The van der Waals surface area contributed by atoms with Gasteiger partial charge in [-0.2, -0.15) is 0 Å². The van der Waals surface area contributed by atoms with Crippen LogP contribution >= 0.6 is 0 Å².